The van der Waals surface area contributed by atoms with E-state index in [1.807, 2.05) is 13.8 Å². The highest BCUT2D eigenvalue weighted by atomic mass is 32.2. The maximum Gasteiger partial charge on any atom is 0.289 e. The minimum Gasteiger partial charge on any atom is -0.455 e. The van der Waals surface area contributed by atoms with Crippen molar-refractivity contribution in [3.05, 3.63) is 34.6 Å². The molecule has 0 unspecified atom stereocenters. The van der Waals surface area contributed by atoms with E-state index < -0.39 is 10.0 Å². The van der Waals surface area contributed by atoms with Crippen LogP contribution in [-0.4, -0.2) is 72.9 Å². The van der Waals surface area contributed by atoms with Crippen molar-refractivity contribution >= 4 is 15.9 Å². The first-order chi connectivity index (χ1) is 14.3. The first kappa shape index (κ1) is 21.1. The summed E-state index contributed by atoms with van der Waals surface area (Å²) >= 11 is 0. The largest absolute Gasteiger partial charge is 0.455 e. The second-order valence-electron chi connectivity index (χ2n) is 8.01. The second kappa shape index (κ2) is 8.16. The summed E-state index contributed by atoms with van der Waals surface area (Å²) in [5.74, 6) is 0.911. The lowest BCUT2D eigenvalue weighted by Gasteiger charge is -2.34. The average molecular weight is 437 g/mol. The summed E-state index contributed by atoms with van der Waals surface area (Å²) in [7, 11) is -3.61. The van der Waals surface area contributed by atoms with E-state index in [4.69, 9.17) is 8.94 Å². The molecule has 2 aromatic heterocycles. The first-order valence-electron chi connectivity index (χ1n) is 10.3. The third kappa shape index (κ3) is 3.91. The molecule has 9 nitrogen and oxygen atoms in total. The van der Waals surface area contributed by atoms with Gasteiger partial charge in [-0.2, -0.15) is 4.31 Å². The van der Waals surface area contributed by atoms with Crippen LogP contribution in [0.5, 0.6) is 0 Å². The van der Waals surface area contributed by atoms with Gasteiger partial charge in [0.15, 0.2) is 5.76 Å². The van der Waals surface area contributed by atoms with E-state index in [9.17, 15) is 13.2 Å². The van der Waals surface area contributed by atoms with Crippen LogP contribution < -0.4 is 0 Å². The Morgan fingerprint density at radius 3 is 2.30 bits per heavy atom. The Labute approximate surface area is 176 Å². The standard InChI is InChI=1S/C20H28N4O5S/c1-14-17(15(2)29-21-14)13-22-8-10-23(11-9-22)20(25)18-12-19(16(3)28-18)30(26,27)24-6-4-5-7-24/h12H,4-11,13H2,1-3H3. The van der Waals surface area contributed by atoms with Gasteiger partial charge in [0.1, 0.15) is 16.4 Å². The topological polar surface area (TPSA) is 100 Å². The molecule has 0 saturated carbocycles. The van der Waals surface area contributed by atoms with Crippen LogP contribution in [0, 0.1) is 20.8 Å². The van der Waals surface area contributed by atoms with E-state index in [0.29, 0.717) is 39.3 Å². The van der Waals surface area contributed by atoms with Gasteiger partial charge in [0.2, 0.25) is 10.0 Å². The quantitative estimate of drug-likeness (QED) is 0.706. The number of furan rings is 1. The molecule has 1 amide bonds. The molecule has 2 aliphatic heterocycles. The highest BCUT2D eigenvalue weighted by Gasteiger charge is 2.33. The normalized spacial score (nSPS) is 19.0. The van der Waals surface area contributed by atoms with Gasteiger partial charge < -0.3 is 13.8 Å². The van der Waals surface area contributed by atoms with Gasteiger partial charge in [-0.3, -0.25) is 9.69 Å². The van der Waals surface area contributed by atoms with E-state index in [2.05, 4.69) is 10.1 Å². The highest BCUT2D eigenvalue weighted by Crippen LogP contribution is 2.27. The van der Waals surface area contributed by atoms with Gasteiger partial charge in [0.05, 0.1) is 5.69 Å². The smallest absolute Gasteiger partial charge is 0.289 e. The Kier molecular flexibility index (Phi) is 5.73. The Bertz CT molecular complexity index is 1010. The van der Waals surface area contributed by atoms with Crippen LogP contribution in [0.15, 0.2) is 19.9 Å². The molecule has 10 heteroatoms. The van der Waals surface area contributed by atoms with Crippen LogP contribution in [0.4, 0.5) is 0 Å². The molecule has 0 N–H and O–H groups in total. The molecule has 2 aromatic rings. The van der Waals surface area contributed by atoms with Crippen molar-refractivity contribution in [2.75, 3.05) is 39.3 Å². The molecular weight excluding hydrogens is 408 g/mol. The SMILES string of the molecule is Cc1noc(C)c1CN1CCN(C(=O)c2cc(S(=O)(=O)N3CCCC3)c(C)o2)CC1. The lowest BCUT2D eigenvalue weighted by molar-refractivity contribution is 0.0595. The number of amides is 1. The van der Waals surface area contributed by atoms with Crippen molar-refractivity contribution in [3.8, 4) is 0 Å². The molecule has 2 saturated heterocycles. The van der Waals surface area contributed by atoms with Crippen molar-refractivity contribution in [2.45, 2.75) is 45.1 Å². The number of sulfonamides is 1. The fourth-order valence-corrected chi connectivity index (χ4v) is 5.79. The average Bonchev–Trinajstić information content (AvgIpc) is 3.46. The molecule has 0 aromatic carbocycles. The van der Waals surface area contributed by atoms with Gasteiger partial charge in [-0.15, -0.1) is 0 Å². The lowest BCUT2D eigenvalue weighted by atomic mass is 10.1. The van der Waals surface area contributed by atoms with Crippen LogP contribution in [0.2, 0.25) is 0 Å². The third-order valence-corrected chi connectivity index (χ3v) is 7.99. The van der Waals surface area contributed by atoms with Crippen molar-refractivity contribution in [1.29, 1.82) is 0 Å². The zero-order valence-electron chi connectivity index (χ0n) is 17.7. The molecular formula is C20H28N4O5S. The lowest BCUT2D eigenvalue weighted by Crippen LogP contribution is -2.48. The van der Waals surface area contributed by atoms with Gasteiger partial charge in [0, 0.05) is 57.4 Å². The van der Waals surface area contributed by atoms with Gasteiger partial charge >= 0.3 is 0 Å². The van der Waals surface area contributed by atoms with Crippen molar-refractivity contribution < 1.29 is 22.2 Å². The number of hydrogen-bond donors (Lipinski definition) is 0. The van der Waals surface area contributed by atoms with Gasteiger partial charge in [0.25, 0.3) is 5.91 Å². The number of rotatable bonds is 5. The summed E-state index contributed by atoms with van der Waals surface area (Å²) in [4.78, 5) is 17.0. The summed E-state index contributed by atoms with van der Waals surface area (Å²) < 4.78 is 38.0. The molecule has 30 heavy (non-hydrogen) atoms. The maximum absolute atomic E-state index is 12.9. The summed E-state index contributed by atoms with van der Waals surface area (Å²) in [5.41, 5.74) is 1.98. The second-order valence-corrected chi connectivity index (χ2v) is 9.92. The number of aryl methyl sites for hydroxylation is 3. The monoisotopic (exact) mass is 436 g/mol. The molecule has 164 valence electrons. The Hall–Kier alpha value is -2.17. The molecule has 2 aliphatic rings. The van der Waals surface area contributed by atoms with Gasteiger partial charge in [-0.1, -0.05) is 5.16 Å². The highest BCUT2D eigenvalue weighted by molar-refractivity contribution is 7.89. The number of carbonyl (C=O) groups excluding carboxylic acids is 1. The number of piperazine rings is 1. The Balaban J connectivity index is 1.41. The van der Waals surface area contributed by atoms with Crippen molar-refractivity contribution in [3.63, 3.8) is 0 Å². The fourth-order valence-electron chi connectivity index (χ4n) is 4.11. The molecule has 0 spiro atoms. The fraction of sp³-hybridized carbons (Fsp3) is 0.600. The Morgan fingerprint density at radius 2 is 1.70 bits per heavy atom. The number of aromatic nitrogens is 1. The maximum atomic E-state index is 12.9. The van der Waals surface area contributed by atoms with Crippen LogP contribution in [0.3, 0.4) is 0 Å². The van der Waals surface area contributed by atoms with Crippen molar-refractivity contribution in [2.24, 2.45) is 0 Å². The minimum atomic E-state index is -3.61. The molecule has 0 bridgehead atoms. The minimum absolute atomic E-state index is 0.0874. The molecule has 2 fully saturated rings. The molecule has 4 rings (SSSR count). The molecule has 0 aliphatic carbocycles. The van der Waals surface area contributed by atoms with Gasteiger partial charge in [-0.25, -0.2) is 8.42 Å². The van der Waals surface area contributed by atoms with E-state index in [1.165, 1.54) is 10.4 Å². The summed E-state index contributed by atoms with van der Waals surface area (Å²) in [6, 6.07) is 1.39. The third-order valence-electron chi connectivity index (χ3n) is 5.99. The first-order valence-corrected chi connectivity index (χ1v) is 11.8. The predicted molar refractivity (Wildman–Crippen MR) is 109 cm³/mol. The van der Waals surface area contributed by atoms with E-state index in [-0.39, 0.29) is 22.3 Å². The summed E-state index contributed by atoms with van der Waals surface area (Å²) in [6.07, 6.45) is 1.72. The van der Waals surface area contributed by atoms with Crippen molar-refractivity contribution in [1.82, 2.24) is 19.3 Å². The van der Waals surface area contributed by atoms with Crippen LogP contribution in [0.1, 0.15) is 46.2 Å². The number of hydrogen-bond acceptors (Lipinski definition) is 7. The zero-order valence-corrected chi connectivity index (χ0v) is 18.5. The van der Waals surface area contributed by atoms with Crippen LogP contribution in [-0.2, 0) is 16.6 Å². The molecule has 0 atom stereocenters. The van der Waals surface area contributed by atoms with E-state index in [1.54, 1.807) is 11.8 Å². The van der Waals surface area contributed by atoms with E-state index in [0.717, 1.165) is 36.4 Å². The number of nitrogens with zero attached hydrogens (tertiary/aromatic N) is 4. The molecule has 0 radical (unpaired) electrons. The summed E-state index contributed by atoms with van der Waals surface area (Å²) in [6.45, 7) is 9.74. The summed E-state index contributed by atoms with van der Waals surface area (Å²) in [5, 5.41) is 3.99. The Morgan fingerprint density at radius 1 is 1.03 bits per heavy atom. The van der Waals surface area contributed by atoms with Crippen LogP contribution in [0.25, 0.3) is 0 Å². The number of carbonyl (C=O) groups is 1. The molecule has 4 heterocycles. The zero-order chi connectivity index (χ0) is 21.5. The predicted octanol–water partition coefficient (Wildman–Crippen LogP) is 1.94. The van der Waals surface area contributed by atoms with E-state index >= 15 is 0 Å². The van der Waals surface area contributed by atoms with Gasteiger partial charge in [-0.05, 0) is 33.6 Å². The van der Waals surface area contributed by atoms with Crippen LogP contribution >= 0.6 is 0 Å².